The Morgan fingerprint density at radius 3 is 2.41 bits per heavy atom. The van der Waals surface area contributed by atoms with Gasteiger partial charge in [-0.3, -0.25) is 9.59 Å². The molecular formula is C18H22O4. The van der Waals surface area contributed by atoms with E-state index in [1.165, 1.54) is 0 Å². The van der Waals surface area contributed by atoms with Crippen molar-refractivity contribution in [2.75, 3.05) is 0 Å². The molecule has 1 fully saturated rings. The lowest BCUT2D eigenvalue weighted by Crippen LogP contribution is -2.48. The average molecular weight is 302 g/mol. The molecule has 1 saturated carbocycles. The number of hydrogen-bond donors (Lipinski definition) is 1. The molecule has 0 saturated heterocycles. The standard InChI is InChI=1S/C18H22O4/c1-4-12-13(8-15(20)21)10(2)11(3)17-16(12)14(19)9-18(22-17)6-5-7-18/h4-9H2,1-3H3,(H,20,21). The fourth-order valence-electron chi connectivity index (χ4n) is 3.79. The highest BCUT2D eigenvalue weighted by atomic mass is 16.5. The van der Waals surface area contributed by atoms with Gasteiger partial charge in [0.2, 0.25) is 0 Å². The van der Waals surface area contributed by atoms with Crippen LogP contribution in [0.5, 0.6) is 5.75 Å². The van der Waals surface area contributed by atoms with Gasteiger partial charge >= 0.3 is 5.97 Å². The van der Waals surface area contributed by atoms with Gasteiger partial charge in [-0.05, 0) is 61.8 Å². The zero-order valence-corrected chi connectivity index (χ0v) is 13.4. The van der Waals surface area contributed by atoms with Gasteiger partial charge in [0.15, 0.2) is 5.78 Å². The van der Waals surface area contributed by atoms with Crippen LogP contribution >= 0.6 is 0 Å². The summed E-state index contributed by atoms with van der Waals surface area (Å²) in [6, 6.07) is 0. The van der Waals surface area contributed by atoms with E-state index in [1.54, 1.807) is 0 Å². The molecule has 1 aromatic rings. The van der Waals surface area contributed by atoms with Gasteiger partial charge < -0.3 is 9.84 Å². The number of ketones is 1. The molecule has 22 heavy (non-hydrogen) atoms. The Labute approximate surface area is 130 Å². The van der Waals surface area contributed by atoms with Crippen molar-refractivity contribution in [1.29, 1.82) is 0 Å². The second-order valence-electron chi connectivity index (χ2n) is 6.57. The van der Waals surface area contributed by atoms with Crippen LogP contribution in [0.15, 0.2) is 0 Å². The van der Waals surface area contributed by atoms with Crippen LogP contribution in [0.3, 0.4) is 0 Å². The lowest BCUT2D eigenvalue weighted by Gasteiger charge is -2.45. The summed E-state index contributed by atoms with van der Waals surface area (Å²) in [5, 5.41) is 9.19. The van der Waals surface area contributed by atoms with Crippen LogP contribution in [0.25, 0.3) is 0 Å². The van der Waals surface area contributed by atoms with E-state index < -0.39 is 5.97 Å². The monoisotopic (exact) mass is 302 g/mol. The summed E-state index contributed by atoms with van der Waals surface area (Å²) >= 11 is 0. The molecule has 4 nitrogen and oxygen atoms in total. The van der Waals surface area contributed by atoms with Gasteiger partial charge in [-0.2, -0.15) is 0 Å². The van der Waals surface area contributed by atoms with E-state index in [-0.39, 0.29) is 17.8 Å². The van der Waals surface area contributed by atoms with E-state index in [0.29, 0.717) is 24.2 Å². The lowest BCUT2D eigenvalue weighted by atomic mass is 9.72. The maximum Gasteiger partial charge on any atom is 0.307 e. The molecule has 1 N–H and O–H groups in total. The van der Waals surface area contributed by atoms with Crippen LogP contribution in [-0.2, 0) is 17.6 Å². The van der Waals surface area contributed by atoms with Crippen molar-refractivity contribution in [2.45, 2.75) is 64.9 Å². The summed E-state index contributed by atoms with van der Waals surface area (Å²) in [7, 11) is 0. The lowest BCUT2D eigenvalue weighted by molar-refractivity contribution is -0.136. The van der Waals surface area contributed by atoms with Gasteiger partial charge in [-0.1, -0.05) is 6.92 Å². The number of carbonyl (C=O) groups excluding carboxylic acids is 1. The van der Waals surface area contributed by atoms with Gasteiger partial charge in [0.25, 0.3) is 0 Å². The van der Waals surface area contributed by atoms with Gasteiger partial charge in [-0.25, -0.2) is 0 Å². The fraction of sp³-hybridized carbons (Fsp3) is 0.556. The Morgan fingerprint density at radius 1 is 1.23 bits per heavy atom. The quantitative estimate of drug-likeness (QED) is 0.929. The first-order valence-corrected chi connectivity index (χ1v) is 7.97. The largest absolute Gasteiger partial charge is 0.486 e. The van der Waals surface area contributed by atoms with Crippen molar-refractivity contribution in [2.24, 2.45) is 0 Å². The van der Waals surface area contributed by atoms with Crippen molar-refractivity contribution >= 4 is 11.8 Å². The minimum Gasteiger partial charge on any atom is -0.486 e. The van der Waals surface area contributed by atoms with Crippen LogP contribution in [0.4, 0.5) is 0 Å². The molecule has 0 aromatic heterocycles. The Kier molecular flexibility index (Phi) is 3.50. The summed E-state index contributed by atoms with van der Waals surface area (Å²) in [6.45, 7) is 5.84. The van der Waals surface area contributed by atoms with Crippen molar-refractivity contribution in [1.82, 2.24) is 0 Å². The third-order valence-electron chi connectivity index (χ3n) is 5.28. The Hall–Kier alpha value is -1.84. The van der Waals surface area contributed by atoms with E-state index in [4.69, 9.17) is 4.74 Å². The van der Waals surface area contributed by atoms with Gasteiger partial charge in [0, 0.05) is 0 Å². The summed E-state index contributed by atoms with van der Waals surface area (Å²) in [4.78, 5) is 23.9. The molecule has 0 atom stereocenters. The number of rotatable bonds is 3. The minimum absolute atomic E-state index is 0.0401. The second kappa shape index (κ2) is 5.11. The molecule has 1 aliphatic heterocycles. The molecule has 118 valence electrons. The summed E-state index contributed by atoms with van der Waals surface area (Å²) in [5.41, 5.74) is 3.86. The molecule has 0 bridgehead atoms. The molecule has 0 amide bonds. The first kappa shape index (κ1) is 15.1. The average Bonchev–Trinajstić information content (AvgIpc) is 2.43. The van der Waals surface area contributed by atoms with Crippen molar-refractivity contribution in [3.8, 4) is 5.75 Å². The van der Waals surface area contributed by atoms with Crippen LogP contribution < -0.4 is 4.74 Å². The van der Waals surface area contributed by atoms with Crippen molar-refractivity contribution < 1.29 is 19.4 Å². The number of benzene rings is 1. The summed E-state index contributed by atoms with van der Waals surface area (Å²) in [5.74, 6) is -0.0382. The van der Waals surface area contributed by atoms with Gasteiger partial charge in [-0.15, -0.1) is 0 Å². The number of Topliss-reactive ketones (excluding diaryl/α,β-unsaturated/α-hetero) is 1. The molecule has 1 heterocycles. The molecule has 2 aliphatic rings. The summed E-state index contributed by atoms with van der Waals surface area (Å²) in [6.07, 6.45) is 4.03. The van der Waals surface area contributed by atoms with Crippen LogP contribution in [0.1, 0.15) is 65.2 Å². The number of carboxylic acid groups (broad SMARTS) is 1. The highest BCUT2D eigenvalue weighted by molar-refractivity contribution is 6.03. The predicted octanol–water partition coefficient (Wildman–Crippen LogP) is 3.38. The molecule has 1 aliphatic carbocycles. The first-order valence-electron chi connectivity index (χ1n) is 7.97. The molecule has 4 heteroatoms. The number of carbonyl (C=O) groups is 2. The van der Waals surface area contributed by atoms with Crippen LogP contribution in [0, 0.1) is 13.8 Å². The Balaban J connectivity index is 2.20. The molecule has 0 unspecified atom stereocenters. The van der Waals surface area contributed by atoms with E-state index in [2.05, 4.69) is 0 Å². The second-order valence-corrected chi connectivity index (χ2v) is 6.57. The minimum atomic E-state index is -0.864. The van der Waals surface area contributed by atoms with Crippen molar-refractivity contribution in [3.05, 3.63) is 27.8 Å². The van der Waals surface area contributed by atoms with E-state index in [0.717, 1.165) is 41.5 Å². The SMILES string of the molecule is CCc1c(CC(=O)O)c(C)c(C)c2c1C(=O)CC1(CCC1)O2. The maximum absolute atomic E-state index is 12.7. The van der Waals surface area contributed by atoms with E-state index in [9.17, 15) is 14.7 Å². The van der Waals surface area contributed by atoms with Crippen LogP contribution in [0.2, 0.25) is 0 Å². The van der Waals surface area contributed by atoms with Gasteiger partial charge in [0.1, 0.15) is 11.4 Å². The number of hydrogen-bond acceptors (Lipinski definition) is 3. The van der Waals surface area contributed by atoms with Crippen LogP contribution in [-0.4, -0.2) is 22.5 Å². The molecule has 1 spiro atoms. The predicted molar refractivity (Wildman–Crippen MR) is 82.8 cm³/mol. The number of carboxylic acids is 1. The third-order valence-corrected chi connectivity index (χ3v) is 5.28. The van der Waals surface area contributed by atoms with E-state index in [1.807, 2.05) is 20.8 Å². The number of ether oxygens (including phenoxy) is 1. The molecule has 3 rings (SSSR count). The summed E-state index contributed by atoms with van der Waals surface area (Å²) < 4.78 is 6.27. The number of fused-ring (bicyclic) bond motifs is 1. The zero-order valence-electron chi connectivity index (χ0n) is 13.4. The maximum atomic E-state index is 12.7. The molecule has 0 radical (unpaired) electrons. The third kappa shape index (κ3) is 2.13. The normalized spacial score (nSPS) is 18.6. The molecule has 1 aromatic carbocycles. The highest BCUT2D eigenvalue weighted by Crippen LogP contribution is 2.48. The first-order chi connectivity index (χ1) is 10.4. The molecular weight excluding hydrogens is 280 g/mol. The Morgan fingerprint density at radius 2 is 1.91 bits per heavy atom. The fourth-order valence-corrected chi connectivity index (χ4v) is 3.79. The topological polar surface area (TPSA) is 63.6 Å². The zero-order chi connectivity index (χ0) is 16.1. The number of aliphatic carboxylic acids is 1. The van der Waals surface area contributed by atoms with E-state index >= 15 is 0 Å². The van der Waals surface area contributed by atoms with Crippen molar-refractivity contribution in [3.63, 3.8) is 0 Å². The Bertz CT molecular complexity index is 668. The highest BCUT2D eigenvalue weighted by Gasteiger charge is 2.46. The van der Waals surface area contributed by atoms with Gasteiger partial charge in [0.05, 0.1) is 18.4 Å². The smallest absolute Gasteiger partial charge is 0.307 e.